The van der Waals surface area contributed by atoms with Crippen LogP contribution in [0.3, 0.4) is 0 Å². The molecule has 23 heavy (non-hydrogen) atoms. The number of aromatic amines is 1. The number of nitrogens with one attached hydrogen (secondary N) is 1. The summed E-state index contributed by atoms with van der Waals surface area (Å²) < 4.78 is 0. The van der Waals surface area contributed by atoms with Gasteiger partial charge in [-0.25, -0.2) is 4.98 Å². The van der Waals surface area contributed by atoms with Crippen LogP contribution in [0.15, 0.2) is 47.3 Å². The van der Waals surface area contributed by atoms with Crippen LogP contribution in [0.2, 0.25) is 10.0 Å². The Bertz CT molecular complexity index is 890. The van der Waals surface area contributed by atoms with Crippen molar-refractivity contribution in [1.82, 2.24) is 14.9 Å². The van der Waals surface area contributed by atoms with Gasteiger partial charge < -0.3 is 4.98 Å². The van der Waals surface area contributed by atoms with E-state index in [4.69, 9.17) is 23.2 Å². The Kier molecular flexibility index (Phi) is 4.66. The molecular weight excluding hydrogens is 333 g/mol. The second-order valence-electron chi connectivity index (χ2n) is 5.47. The third-order valence-electron chi connectivity index (χ3n) is 3.50. The molecule has 1 N–H and O–H groups in total. The number of rotatable bonds is 4. The van der Waals surface area contributed by atoms with Crippen molar-refractivity contribution in [1.29, 1.82) is 0 Å². The number of aromatic nitrogens is 2. The van der Waals surface area contributed by atoms with Gasteiger partial charge in [-0.1, -0.05) is 35.3 Å². The van der Waals surface area contributed by atoms with Crippen molar-refractivity contribution in [3.63, 3.8) is 0 Å². The van der Waals surface area contributed by atoms with E-state index in [2.05, 4.69) is 14.9 Å². The predicted octanol–water partition coefficient (Wildman–Crippen LogP) is 3.86. The fourth-order valence-corrected chi connectivity index (χ4v) is 2.74. The summed E-state index contributed by atoms with van der Waals surface area (Å²) in [6.07, 6.45) is 0. The molecule has 0 unspecified atom stereocenters. The fourth-order valence-electron chi connectivity index (χ4n) is 2.45. The molecular formula is C17H15Cl2N3O. The number of fused-ring (bicyclic) bond motifs is 1. The highest BCUT2D eigenvalue weighted by Crippen LogP contribution is 2.15. The van der Waals surface area contributed by atoms with Gasteiger partial charge in [-0.05, 0) is 42.9 Å². The summed E-state index contributed by atoms with van der Waals surface area (Å²) >= 11 is 11.9. The molecule has 0 radical (unpaired) electrons. The van der Waals surface area contributed by atoms with Crippen molar-refractivity contribution in [2.75, 3.05) is 7.05 Å². The van der Waals surface area contributed by atoms with Crippen LogP contribution in [0, 0.1) is 0 Å². The molecule has 0 bridgehead atoms. The SMILES string of the molecule is CN(Cc1ccc(Cl)cc1)Cc1nc2cc(Cl)ccc2c(=O)[nH]1. The van der Waals surface area contributed by atoms with Gasteiger partial charge >= 0.3 is 0 Å². The standard InChI is InChI=1S/C17H15Cl2N3O/c1-22(9-11-2-4-12(18)5-3-11)10-16-20-15-8-13(19)6-7-14(15)17(23)21-16/h2-8H,9-10H2,1H3,(H,20,21,23). The van der Waals surface area contributed by atoms with Gasteiger partial charge in [0.15, 0.2) is 0 Å². The minimum Gasteiger partial charge on any atom is -0.309 e. The molecule has 0 aliphatic heterocycles. The largest absolute Gasteiger partial charge is 0.309 e. The predicted molar refractivity (Wildman–Crippen MR) is 94.0 cm³/mol. The maximum Gasteiger partial charge on any atom is 0.258 e. The summed E-state index contributed by atoms with van der Waals surface area (Å²) in [5, 5.41) is 1.82. The molecule has 6 heteroatoms. The van der Waals surface area contributed by atoms with Crippen LogP contribution >= 0.6 is 23.2 Å². The molecule has 0 aliphatic rings. The zero-order chi connectivity index (χ0) is 16.4. The highest BCUT2D eigenvalue weighted by Gasteiger charge is 2.08. The summed E-state index contributed by atoms with van der Waals surface area (Å²) in [5.41, 5.74) is 1.60. The van der Waals surface area contributed by atoms with E-state index < -0.39 is 0 Å². The molecule has 0 amide bonds. The number of benzene rings is 2. The summed E-state index contributed by atoms with van der Waals surface area (Å²) in [6, 6.07) is 12.8. The van der Waals surface area contributed by atoms with Crippen molar-refractivity contribution in [3.05, 3.63) is 74.3 Å². The first-order valence-corrected chi connectivity index (χ1v) is 7.88. The maximum absolute atomic E-state index is 12.1. The molecule has 0 saturated heterocycles. The van der Waals surface area contributed by atoms with E-state index in [1.807, 2.05) is 31.3 Å². The number of hydrogen-bond acceptors (Lipinski definition) is 3. The molecule has 0 aliphatic carbocycles. The van der Waals surface area contributed by atoms with E-state index >= 15 is 0 Å². The summed E-state index contributed by atoms with van der Waals surface area (Å²) in [7, 11) is 1.97. The third-order valence-corrected chi connectivity index (χ3v) is 3.99. The molecule has 0 fully saturated rings. The topological polar surface area (TPSA) is 49.0 Å². The zero-order valence-electron chi connectivity index (χ0n) is 12.5. The van der Waals surface area contributed by atoms with Crippen molar-refractivity contribution >= 4 is 34.1 Å². The molecule has 3 aromatic rings. The lowest BCUT2D eigenvalue weighted by Crippen LogP contribution is -2.21. The van der Waals surface area contributed by atoms with Crippen LogP contribution in [-0.4, -0.2) is 21.9 Å². The van der Waals surface area contributed by atoms with Gasteiger partial charge in [0.1, 0.15) is 5.82 Å². The summed E-state index contributed by atoms with van der Waals surface area (Å²) in [6.45, 7) is 1.26. The van der Waals surface area contributed by atoms with Gasteiger partial charge in [0.05, 0.1) is 17.4 Å². The molecule has 1 aromatic heterocycles. The minimum absolute atomic E-state index is 0.151. The Morgan fingerprint density at radius 3 is 2.48 bits per heavy atom. The van der Waals surface area contributed by atoms with E-state index in [1.165, 1.54) is 0 Å². The van der Waals surface area contributed by atoms with Crippen LogP contribution in [0.5, 0.6) is 0 Å². The van der Waals surface area contributed by atoms with Crippen LogP contribution in [0.1, 0.15) is 11.4 Å². The molecule has 0 spiro atoms. The van der Waals surface area contributed by atoms with Crippen molar-refractivity contribution in [2.24, 2.45) is 0 Å². The van der Waals surface area contributed by atoms with Crippen molar-refractivity contribution in [2.45, 2.75) is 13.1 Å². The van der Waals surface area contributed by atoms with Crippen molar-refractivity contribution < 1.29 is 0 Å². The number of H-pyrrole nitrogens is 1. The smallest absolute Gasteiger partial charge is 0.258 e. The maximum atomic E-state index is 12.1. The van der Waals surface area contributed by atoms with Crippen molar-refractivity contribution in [3.8, 4) is 0 Å². The molecule has 1 heterocycles. The van der Waals surface area contributed by atoms with Gasteiger partial charge in [-0.2, -0.15) is 0 Å². The molecule has 2 aromatic carbocycles. The van der Waals surface area contributed by atoms with Crippen LogP contribution in [0.4, 0.5) is 0 Å². The normalized spacial score (nSPS) is 11.3. The Balaban J connectivity index is 1.80. The van der Waals surface area contributed by atoms with E-state index in [1.54, 1.807) is 18.2 Å². The third kappa shape index (κ3) is 3.91. The molecule has 0 atom stereocenters. The van der Waals surface area contributed by atoms with Crippen LogP contribution in [0.25, 0.3) is 10.9 Å². The average molecular weight is 348 g/mol. The van der Waals surface area contributed by atoms with Gasteiger partial charge in [0.2, 0.25) is 0 Å². The van der Waals surface area contributed by atoms with Gasteiger partial charge in [0, 0.05) is 16.6 Å². The highest BCUT2D eigenvalue weighted by atomic mass is 35.5. The van der Waals surface area contributed by atoms with E-state index in [0.717, 1.165) is 12.1 Å². The minimum atomic E-state index is -0.151. The lowest BCUT2D eigenvalue weighted by molar-refractivity contribution is 0.311. The second-order valence-corrected chi connectivity index (χ2v) is 6.35. The summed E-state index contributed by atoms with van der Waals surface area (Å²) in [4.78, 5) is 21.5. The molecule has 0 saturated carbocycles. The zero-order valence-corrected chi connectivity index (χ0v) is 14.0. The van der Waals surface area contributed by atoms with E-state index in [-0.39, 0.29) is 5.56 Å². The first-order chi connectivity index (χ1) is 11.0. The Labute approximate surface area is 143 Å². The Morgan fingerprint density at radius 2 is 1.74 bits per heavy atom. The Morgan fingerprint density at radius 1 is 1.04 bits per heavy atom. The van der Waals surface area contributed by atoms with Crippen LogP contribution in [-0.2, 0) is 13.1 Å². The van der Waals surface area contributed by atoms with Gasteiger partial charge in [-0.3, -0.25) is 9.69 Å². The number of hydrogen-bond donors (Lipinski definition) is 1. The molecule has 118 valence electrons. The monoisotopic (exact) mass is 347 g/mol. The Hall–Kier alpha value is -1.88. The van der Waals surface area contributed by atoms with Gasteiger partial charge in [-0.15, -0.1) is 0 Å². The highest BCUT2D eigenvalue weighted by molar-refractivity contribution is 6.31. The fraction of sp³-hybridized carbons (Fsp3) is 0.176. The van der Waals surface area contributed by atoms with E-state index in [9.17, 15) is 4.79 Å². The first-order valence-electron chi connectivity index (χ1n) is 7.13. The van der Waals surface area contributed by atoms with Gasteiger partial charge in [0.25, 0.3) is 5.56 Å². The summed E-state index contributed by atoms with van der Waals surface area (Å²) in [5.74, 6) is 0.612. The lowest BCUT2D eigenvalue weighted by atomic mass is 10.2. The number of halogens is 2. The van der Waals surface area contributed by atoms with Crippen LogP contribution < -0.4 is 5.56 Å². The molecule has 3 rings (SSSR count). The quantitative estimate of drug-likeness (QED) is 0.779. The first kappa shape index (κ1) is 16.0. The number of nitrogens with zero attached hydrogens (tertiary/aromatic N) is 2. The van der Waals surface area contributed by atoms with E-state index in [0.29, 0.717) is 33.3 Å². The lowest BCUT2D eigenvalue weighted by Gasteiger charge is -2.16. The average Bonchev–Trinajstić information content (AvgIpc) is 2.49. The second kappa shape index (κ2) is 6.71. The molecule has 4 nitrogen and oxygen atoms in total.